The number of amides is 1. The van der Waals surface area contributed by atoms with E-state index in [2.05, 4.69) is 10.3 Å². The van der Waals surface area contributed by atoms with Crippen LogP contribution in [0.5, 0.6) is 5.88 Å². The molecule has 1 saturated carbocycles. The van der Waals surface area contributed by atoms with Gasteiger partial charge in [0, 0.05) is 6.20 Å². The van der Waals surface area contributed by atoms with Gasteiger partial charge >= 0.3 is 12.1 Å². The molecule has 0 atom stereocenters. The zero-order valence-corrected chi connectivity index (χ0v) is 11.3. The van der Waals surface area contributed by atoms with Gasteiger partial charge in [0.05, 0.1) is 6.54 Å². The average Bonchev–Trinajstić information content (AvgIpc) is 3.24. The molecular weight excluding hydrogens is 305 g/mol. The second-order valence-electron chi connectivity index (χ2n) is 4.85. The second-order valence-corrected chi connectivity index (χ2v) is 4.85. The molecule has 0 saturated heterocycles. The van der Waals surface area contributed by atoms with E-state index >= 15 is 0 Å². The Kier molecular flexibility index (Phi) is 4.25. The summed E-state index contributed by atoms with van der Waals surface area (Å²) in [6.45, 7) is -0.358. The van der Waals surface area contributed by atoms with Gasteiger partial charge in [-0.15, -0.1) is 0 Å². The first kappa shape index (κ1) is 16.1. The third-order valence-corrected chi connectivity index (χ3v) is 3.30. The molecule has 9 heteroatoms. The molecule has 1 aliphatic rings. The molecule has 0 radical (unpaired) electrons. The van der Waals surface area contributed by atoms with Crippen molar-refractivity contribution in [1.82, 2.24) is 10.3 Å². The molecule has 120 valence electrons. The number of aliphatic carboxylic acids is 1. The van der Waals surface area contributed by atoms with Crippen LogP contribution in [-0.2, 0) is 15.8 Å². The topological polar surface area (TPSA) is 88.5 Å². The SMILES string of the molecule is O=C(O)C1(C(=O)NCCOc2ncccc2C(F)(F)F)CC1. The Morgan fingerprint density at radius 2 is 2.09 bits per heavy atom. The number of nitrogens with zero attached hydrogens (tertiary/aromatic N) is 1. The number of carboxylic acids is 1. The standard InChI is InChI=1S/C13H13F3N2O4/c14-13(15,16)8-2-1-5-17-9(8)22-7-6-18-10(19)12(3-4-12)11(20)21/h1-2,5H,3-4,6-7H2,(H,18,19)(H,20,21). The minimum atomic E-state index is -4.59. The molecule has 2 N–H and O–H groups in total. The van der Waals surface area contributed by atoms with Gasteiger partial charge in [-0.05, 0) is 25.0 Å². The van der Waals surface area contributed by atoms with Crippen LogP contribution in [0.1, 0.15) is 18.4 Å². The number of carbonyl (C=O) groups excluding carboxylic acids is 1. The van der Waals surface area contributed by atoms with E-state index in [4.69, 9.17) is 9.84 Å². The zero-order valence-electron chi connectivity index (χ0n) is 11.3. The van der Waals surface area contributed by atoms with Crippen LogP contribution in [0.2, 0.25) is 0 Å². The molecule has 0 spiro atoms. The monoisotopic (exact) mass is 318 g/mol. The Labute approximate surface area is 123 Å². The summed E-state index contributed by atoms with van der Waals surface area (Å²) < 4.78 is 43.0. The molecule has 6 nitrogen and oxygen atoms in total. The first-order valence-electron chi connectivity index (χ1n) is 6.44. The lowest BCUT2D eigenvalue weighted by Gasteiger charge is -2.14. The number of aromatic nitrogens is 1. The van der Waals surface area contributed by atoms with Crippen molar-refractivity contribution < 1.29 is 32.6 Å². The van der Waals surface area contributed by atoms with Gasteiger partial charge in [-0.2, -0.15) is 13.2 Å². The van der Waals surface area contributed by atoms with Crippen molar-refractivity contribution in [1.29, 1.82) is 0 Å². The number of pyridine rings is 1. The van der Waals surface area contributed by atoms with E-state index in [1.807, 2.05) is 0 Å². The third kappa shape index (κ3) is 3.29. The summed E-state index contributed by atoms with van der Waals surface area (Å²) in [6.07, 6.45) is -2.91. The van der Waals surface area contributed by atoms with Gasteiger partial charge in [0.15, 0.2) is 0 Å². The van der Waals surface area contributed by atoms with Gasteiger partial charge in [0.25, 0.3) is 0 Å². The molecule has 1 aromatic heterocycles. The molecule has 0 bridgehead atoms. The van der Waals surface area contributed by atoms with Crippen molar-refractivity contribution in [2.24, 2.45) is 5.41 Å². The molecule has 1 amide bonds. The lowest BCUT2D eigenvalue weighted by molar-refractivity contribution is -0.149. The van der Waals surface area contributed by atoms with Gasteiger partial charge in [-0.3, -0.25) is 9.59 Å². The van der Waals surface area contributed by atoms with Crippen LogP contribution in [0.25, 0.3) is 0 Å². The molecule has 1 fully saturated rings. The first-order valence-corrected chi connectivity index (χ1v) is 6.44. The van der Waals surface area contributed by atoms with Crippen molar-refractivity contribution in [2.75, 3.05) is 13.2 Å². The van der Waals surface area contributed by atoms with Crippen LogP contribution in [0.4, 0.5) is 13.2 Å². The highest BCUT2D eigenvalue weighted by molar-refractivity contribution is 6.04. The van der Waals surface area contributed by atoms with E-state index < -0.39 is 34.9 Å². The fraction of sp³-hybridized carbons (Fsp3) is 0.462. The molecule has 22 heavy (non-hydrogen) atoms. The van der Waals surface area contributed by atoms with E-state index in [0.717, 1.165) is 18.3 Å². The van der Waals surface area contributed by atoms with E-state index in [0.29, 0.717) is 0 Å². The summed E-state index contributed by atoms with van der Waals surface area (Å²) in [7, 11) is 0. The van der Waals surface area contributed by atoms with Crippen LogP contribution in [0.15, 0.2) is 18.3 Å². The average molecular weight is 318 g/mol. The van der Waals surface area contributed by atoms with Crippen LogP contribution in [-0.4, -0.2) is 35.1 Å². The predicted octanol–water partition coefficient (Wildman–Crippen LogP) is 1.46. The molecule has 2 rings (SSSR count). The van der Waals surface area contributed by atoms with Gasteiger partial charge < -0.3 is 15.2 Å². The van der Waals surface area contributed by atoms with Gasteiger partial charge in [0.2, 0.25) is 11.8 Å². The van der Waals surface area contributed by atoms with Crippen LogP contribution >= 0.6 is 0 Å². The summed E-state index contributed by atoms with van der Waals surface area (Å²) in [5, 5.41) is 11.2. The Bertz CT molecular complexity index is 585. The smallest absolute Gasteiger partial charge is 0.421 e. The van der Waals surface area contributed by atoms with E-state index in [1.54, 1.807) is 0 Å². The van der Waals surface area contributed by atoms with E-state index in [1.165, 1.54) is 0 Å². The Morgan fingerprint density at radius 1 is 1.41 bits per heavy atom. The summed E-state index contributed by atoms with van der Waals surface area (Å²) in [5.74, 6) is -2.43. The number of carboxylic acid groups (broad SMARTS) is 1. The van der Waals surface area contributed by atoms with Gasteiger partial charge in [-0.1, -0.05) is 0 Å². The number of nitrogens with one attached hydrogen (secondary N) is 1. The van der Waals surface area contributed by atoms with E-state index in [-0.39, 0.29) is 26.0 Å². The fourth-order valence-electron chi connectivity index (χ4n) is 1.87. The van der Waals surface area contributed by atoms with Gasteiger partial charge in [-0.25, -0.2) is 4.98 Å². The van der Waals surface area contributed by atoms with E-state index in [9.17, 15) is 22.8 Å². The minimum absolute atomic E-state index is 0.109. The molecule has 1 aliphatic carbocycles. The lowest BCUT2D eigenvalue weighted by Crippen LogP contribution is -2.38. The van der Waals surface area contributed by atoms with Crippen molar-refractivity contribution >= 4 is 11.9 Å². The Hall–Kier alpha value is -2.32. The Balaban J connectivity index is 1.85. The van der Waals surface area contributed by atoms with Crippen LogP contribution in [0, 0.1) is 5.41 Å². The fourth-order valence-corrected chi connectivity index (χ4v) is 1.87. The number of hydrogen-bond donors (Lipinski definition) is 2. The normalized spacial score (nSPS) is 16.0. The summed E-state index contributed by atoms with van der Waals surface area (Å²) >= 11 is 0. The number of hydrogen-bond acceptors (Lipinski definition) is 4. The maximum Gasteiger partial charge on any atom is 0.421 e. The van der Waals surface area contributed by atoms with Crippen molar-refractivity contribution in [3.05, 3.63) is 23.9 Å². The van der Waals surface area contributed by atoms with Gasteiger partial charge in [0.1, 0.15) is 17.6 Å². The van der Waals surface area contributed by atoms with Crippen LogP contribution in [0.3, 0.4) is 0 Å². The third-order valence-electron chi connectivity index (χ3n) is 3.30. The number of halogens is 3. The second kappa shape index (κ2) is 5.82. The van der Waals surface area contributed by atoms with Crippen molar-refractivity contribution in [3.8, 4) is 5.88 Å². The minimum Gasteiger partial charge on any atom is -0.480 e. The number of carbonyl (C=O) groups is 2. The maximum absolute atomic E-state index is 12.7. The summed E-state index contributed by atoms with van der Waals surface area (Å²) in [5.41, 5.74) is -2.40. The number of rotatable bonds is 6. The molecule has 1 aromatic rings. The quantitative estimate of drug-likeness (QED) is 0.612. The molecule has 0 aromatic carbocycles. The summed E-state index contributed by atoms with van der Waals surface area (Å²) in [4.78, 5) is 26.1. The largest absolute Gasteiger partial charge is 0.480 e. The molecule has 0 aliphatic heterocycles. The number of alkyl halides is 3. The number of ether oxygens (including phenoxy) is 1. The van der Waals surface area contributed by atoms with Crippen molar-refractivity contribution in [2.45, 2.75) is 19.0 Å². The zero-order chi connectivity index (χ0) is 16.4. The lowest BCUT2D eigenvalue weighted by atomic mass is 10.1. The maximum atomic E-state index is 12.7. The molecular formula is C13H13F3N2O4. The highest BCUT2D eigenvalue weighted by Gasteiger charge is 2.56. The molecule has 1 heterocycles. The van der Waals surface area contributed by atoms with Crippen molar-refractivity contribution in [3.63, 3.8) is 0 Å². The molecule has 0 unspecified atom stereocenters. The highest BCUT2D eigenvalue weighted by atomic mass is 19.4. The predicted molar refractivity (Wildman–Crippen MR) is 67.0 cm³/mol. The first-order chi connectivity index (χ1) is 10.3. The summed E-state index contributed by atoms with van der Waals surface area (Å²) in [6, 6.07) is 1.98. The van der Waals surface area contributed by atoms with Crippen LogP contribution < -0.4 is 10.1 Å². The Morgan fingerprint density at radius 3 is 2.64 bits per heavy atom. The highest BCUT2D eigenvalue weighted by Crippen LogP contribution is 2.46.